The normalized spacial score (nSPS) is 11.9. The van der Waals surface area contributed by atoms with Gasteiger partial charge >= 0.3 is 5.97 Å². The van der Waals surface area contributed by atoms with Crippen LogP contribution in [0.3, 0.4) is 0 Å². The molecule has 0 aliphatic carbocycles. The zero-order chi connectivity index (χ0) is 15.8. The predicted molar refractivity (Wildman–Crippen MR) is 85.6 cm³/mol. The van der Waals surface area contributed by atoms with E-state index >= 15 is 0 Å². The lowest BCUT2D eigenvalue weighted by Gasteiger charge is -2.17. The Morgan fingerprint density at radius 2 is 1.68 bits per heavy atom. The van der Waals surface area contributed by atoms with E-state index in [1.54, 1.807) is 19.2 Å². The Labute approximate surface area is 131 Å². The van der Waals surface area contributed by atoms with E-state index in [9.17, 15) is 4.79 Å². The van der Waals surface area contributed by atoms with Crippen LogP contribution in [0, 0.1) is 0 Å². The summed E-state index contributed by atoms with van der Waals surface area (Å²) in [4.78, 5) is 11.4. The van der Waals surface area contributed by atoms with E-state index in [1.807, 2.05) is 30.3 Å². The van der Waals surface area contributed by atoms with E-state index in [1.165, 1.54) is 12.7 Å². The number of nitrogens with one attached hydrogen (secondary N) is 1. The monoisotopic (exact) mass is 299 g/mol. The molecule has 0 aliphatic rings. The second-order valence-electron chi connectivity index (χ2n) is 4.98. The third-order valence-electron chi connectivity index (χ3n) is 3.46. The summed E-state index contributed by atoms with van der Waals surface area (Å²) < 4.78 is 10.2. The Morgan fingerprint density at radius 3 is 2.27 bits per heavy atom. The van der Waals surface area contributed by atoms with Gasteiger partial charge in [-0.15, -0.1) is 0 Å². The zero-order valence-corrected chi connectivity index (χ0v) is 12.9. The van der Waals surface area contributed by atoms with Gasteiger partial charge in [0.2, 0.25) is 0 Å². The minimum Gasteiger partial charge on any atom is -0.465 e. The molecule has 0 heterocycles. The van der Waals surface area contributed by atoms with Gasteiger partial charge < -0.3 is 9.47 Å². The highest BCUT2D eigenvalue weighted by atomic mass is 16.5. The van der Waals surface area contributed by atoms with Gasteiger partial charge in [-0.3, -0.25) is 5.32 Å². The van der Waals surface area contributed by atoms with Crippen molar-refractivity contribution in [1.29, 1.82) is 0 Å². The Morgan fingerprint density at radius 1 is 1.00 bits per heavy atom. The first kappa shape index (κ1) is 16.2. The maximum absolute atomic E-state index is 11.4. The van der Waals surface area contributed by atoms with Crippen LogP contribution >= 0.6 is 0 Å². The summed E-state index contributed by atoms with van der Waals surface area (Å²) in [5, 5.41) is 3.36. The number of ether oxygens (including phenoxy) is 2. The van der Waals surface area contributed by atoms with Crippen molar-refractivity contribution in [2.75, 3.05) is 14.2 Å². The Kier molecular flexibility index (Phi) is 6.13. The number of esters is 1. The highest BCUT2D eigenvalue weighted by Gasteiger charge is 2.08. The molecule has 2 aromatic rings. The Balaban J connectivity index is 1.89. The molecule has 1 atom stereocenters. The van der Waals surface area contributed by atoms with Crippen LogP contribution in [0.15, 0.2) is 54.6 Å². The second-order valence-corrected chi connectivity index (χ2v) is 4.98. The third-order valence-corrected chi connectivity index (χ3v) is 3.46. The maximum Gasteiger partial charge on any atom is 0.337 e. The van der Waals surface area contributed by atoms with Crippen molar-refractivity contribution < 1.29 is 14.3 Å². The summed E-state index contributed by atoms with van der Waals surface area (Å²) in [5.74, 6) is -0.321. The van der Waals surface area contributed by atoms with Crippen LogP contribution in [0.1, 0.15) is 21.5 Å². The quantitative estimate of drug-likeness (QED) is 0.631. The molecule has 0 spiro atoms. The Hall–Kier alpha value is -2.17. The highest BCUT2D eigenvalue weighted by Crippen LogP contribution is 2.08. The van der Waals surface area contributed by atoms with Gasteiger partial charge in [0.25, 0.3) is 0 Å². The summed E-state index contributed by atoms with van der Waals surface area (Å²) in [7, 11) is 3.07. The van der Waals surface area contributed by atoms with Gasteiger partial charge in [-0.05, 0) is 23.3 Å². The molecule has 0 aliphatic heterocycles. The molecule has 2 rings (SSSR count). The predicted octanol–water partition coefficient (Wildman–Crippen LogP) is 2.78. The molecule has 22 heavy (non-hydrogen) atoms. The molecule has 116 valence electrons. The number of benzene rings is 2. The molecule has 4 nitrogen and oxygen atoms in total. The largest absolute Gasteiger partial charge is 0.465 e. The van der Waals surface area contributed by atoms with Crippen molar-refractivity contribution in [1.82, 2.24) is 5.32 Å². The number of methoxy groups -OCH3 is 2. The van der Waals surface area contributed by atoms with E-state index in [-0.39, 0.29) is 12.2 Å². The fourth-order valence-electron chi connectivity index (χ4n) is 2.18. The molecule has 0 fully saturated rings. The van der Waals surface area contributed by atoms with Crippen molar-refractivity contribution in [2.45, 2.75) is 19.2 Å². The van der Waals surface area contributed by atoms with Gasteiger partial charge in [-0.1, -0.05) is 42.5 Å². The van der Waals surface area contributed by atoms with Crippen molar-refractivity contribution in [3.8, 4) is 0 Å². The molecule has 1 N–H and O–H groups in total. The van der Waals surface area contributed by atoms with Crippen LogP contribution in [0.2, 0.25) is 0 Å². The number of rotatable bonds is 7. The second kappa shape index (κ2) is 8.32. The van der Waals surface area contributed by atoms with Crippen molar-refractivity contribution in [3.05, 3.63) is 71.3 Å². The fraction of sp³-hybridized carbons (Fsp3) is 0.278. The van der Waals surface area contributed by atoms with Crippen molar-refractivity contribution in [3.63, 3.8) is 0 Å². The van der Waals surface area contributed by atoms with Crippen LogP contribution in [0.25, 0.3) is 0 Å². The molecule has 0 radical (unpaired) electrons. The molecule has 4 heteroatoms. The SMILES string of the molecule is COC(=O)c1ccc(CNC(Cc2ccccc2)OC)cc1. The van der Waals surface area contributed by atoms with E-state index in [2.05, 4.69) is 22.2 Å². The summed E-state index contributed by atoms with van der Waals surface area (Å²) >= 11 is 0. The maximum atomic E-state index is 11.4. The van der Waals surface area contributed by atoms with E-state index < -0.39 is 0 Å². The van der Waals surface area contributed by atoms with Gasteiger partial charge in [0.1, 0.15) is 6.23 Å². The fourth-order valence-corrected chi connectivity index (χ4v) is 2.18. The Bertz CT molecular complexity index is 581. The lowest BCUT2D eigenvalue weighted by Crippen LogP contribution is -2.32. The molecule has 0 amide bonds. The van der Waals surface area contributed by atoms with Crippen molar-refractivity contribution in [2.24, 2.45) is 0 Å². The average molecular weight is 299 g/mol. The van der Waals surface area contributed by atoms with Gasteiger partial charge in [0.05, 0.1) is 12.7 Å². The summed E-state index contributed by atoms with van der Waals surface area (Å²) in [6.07, 6.45) is 0.750. The molecule has 0 aromatic heterocycles. The summed E-state index contributed by atoms with van der Waals surface area (Å²) in [5.41, 5.74) is 2.87. The standard InChI is InChI=1S/C18H21NO3/c1-21-17(12-14-6-4-3-5-7-14)19-13-15-8-10-16(11-9-15)18(20)22-2/h3-11,17,19H,12-13H2,1-2H3. The molecule has 0 saturated heterocycles. The number of hydrogen-bond donors (Lipinski definition) is 1. The average Bonchev–Trinajstić information content (AvgIpc) is 2.59. The third kappa shape index (κ3) is 4.69. The zero-order valence-electron chi connectivity index (χ0n) is 12.9. The van der Waals surface area contributed by atoms with E-state index in [0.717, 1.165) is 12.0 Å². The summed E-state index contributed by atoms with van der Waals surface area (Å²) in [6.45, 7) is 0.673. The lowest BCUT2D eigenvalue weighted by molar-refractivity contribution is 0.0600. The van der Waals surface area contributed by atoms with Gasteiger partial charge in [0.15, 0.2) is 0 Å². The van der Waals surface area contributed by atoms with Gasteiger partial charge in [-0.25, -0.2) is 4.79 Å². The molecule has 0 saturated carbocycles. The number of carbonyl (C=O) groups is 1. The van der Waals surface area contributed by atoms with Crippen LogP contribution in [0.4, 0.5) is 0 Å². The first-order chi connectivity index (χ1) is 10.7. The van der Waals surface area contributed by atoms with E-state index in [4.69, 9.17) is 4.74 Å². The van der Waals surface area contributed by atoms with Gasteiger partial charge in [0, 0.05) is 20.1 Å². The number of carbonyl (C=O) groups excluding carboxylic acids is 1. The van der Waals surface area contributed by atoms with Crippen LogP contribution < -0.4 is 5.32 Å². The molecule has 0 bridgehead atoms. The highest BCUT2D eigenvalue weighted by molar-refractivity contribution is 5.89. The van der Waals surface area contributed by atoms with Crippen LogP contribution in [-0.2, 0) is 22.4 Å². The van der Waals surface area contributed by atoms with Gasteiger partial charge in [-0.2, -0.15) is 0 Å². The van der Waals surface area contributed by atoms with Crippen LogP contribution in [0.5, 0.6) is 0 Å². The smallest absolute Gasteiger partial charge is 0.337 e. The molecular formula is C18H21NO3. The molecule has 1 unspecified atom stereocenters. The molecular weight excluding hydrogens is 278 g/mol. The molecule has 2 aromatic carbocycles. The van der Waals surface area contributed by atoms with Crippen molar-refractivity contribution >= 4 is 5.97 Å². The minimum absolute atomic E-state index is 0.0531. The number of hydrogen-bond acceptors (Lipinski definition) is 4. The lowest BCUT2D eigenvalue weighted by atomic mass is 10.1. The van der Waals surface area contributed by atoms with E-state index in [0.29, 0.717) is 12.1 Å². The summed E-state index contributed by atoms with van der Waals surface area (Å²) in [6, 6.07) is 17.6. The minimum atomic E-state index is -0.321. The topological polar surface area (TPSA) is 47.6 Å². The van der Waals surface area contributed by atoms with Crippen LogP contribution in [-0.4, -0.2) is 26.4 Å². The first-order valence-corrected chi connectivity index (χ1v) is 7.20. The first-order valence-electron chi connectivity index (χ1n) is 7.20.